The Morgan fingerprint density at radius 3 is 1.21 bits per heavy atom. The van der Waals surface area contributed by atoms with E-state index in [4.69, 9.17) is 0 Å². The molecule has 0 heterocycles. The Morgan fingerprint density at radius 2 is 0.833 bits per heavy atom. The van der Waals surface area contributed by atoms with E-state index in [9.17, 15) is 9.59 Å². The summed E-state index contributed by atoms with van der Waals surface area (Å²) >= 11 is 0. The fraction of sp³-hybridized carbons (Fsp3) is 0. The number of hydrogen-bond donors (Lipinski definition) is 0. The standard InChI is InChI=1S/C22H18O2/c23-17-5-8-21-11-9-19(10-12-21)6-3-1-2-4-7-20-13-15-22(18-24)16-14-20/h1-18H/b2-1+,6-3+,7-4+,8-5+. The summed E-state index contributed by atoms with van der Waals surface area (Å²) in [5.41, 5.74) is 3.82. The molecule has 0 amide bonds. The van der Waals surface area contributed by atoms with E-state index in [0.717, 1.165) is 29.3 Å². The zero-order chi connectivity index (χ0) is 17.0. The van der Waals surface area contributed by atoms with E-state index in [-0.39, 0.29) is 0 Å². The lowest BCUT2D eigenvalue weighted by Crippen LogP contribution is -1.78. The number of carbonyl (C=O) groups is 2. The number of hydrogen-bond acceptors (Lipinski definition) is 2. The summed E-state index contributed by atoms with van der Waals surface area (Å²) < 4.78 is 0. The summed E-state index contributed by atoms with van der Waals surface area (Å²) in [5.74, 6) is 0. The monoisotopic (exact) mass is 314 g/mol. The minimum atomic E-state index is 0.679. The van der Waals surface area contributed by atoms with Crippen LogP contribution in [0.3, 0.4) is 0 Å². The Bertz CT molecular complexity index is 774. The Morgan fingerprint density at radius 1 is 0.458 bits per heavy atom. The van der Waals surface area contributed by atoms with Gasteiger partial charge in [-0.15, -0.1) is 0 Å². The fourth-order valence-electron chi connectivity index (χ4n) is 2.02. The van der Waals surface area contributed by atoms with Crippen LogP contribution >= 0.6 is 0 Å². The van der Waals surface area contributed by atoms with Crippen molar-refractivity contribution in [3.63, 3.8) is 0 Å². The lowest BCUT2D eigenvalue weighted by molar-refractivity contribution is -0.104. The molecule has 0 spiro atoms. The third kappa shape index (κ3) is 5.85. The van der Waals surface area contributed by atoms with Gasteiger partial charge in [0.1, 0.15) is 12.6 Å². The van der Waals surface area contributed by atoms with Crippen molar-refractivity contribution in [3.05, 3.63) is 101 Å². The van der Waals surface area contributed by atoms with Gasteiger partial charge in [0.05, 0.1) is 0 Å². The number of rotatable bonds is 7. The molecule has 0 aliphatic heterocycles. The van der Waals surface area contributed by atoms with Gasteiger partial charge in [-0.1, -0.05) is 91.1 Å². The normalized spacial score (nSPS) is 11.8. The van der Waals surface area contributed by atoms with E-state index in [1.54, 1.807) is 18.2 Å². The molecule has 0 aliphatic rings. The molecule has 0 atom stereocenters. The van der Waals surface area contributed by atoms with Crippen molar-refractivity contribution in [3.8, 4) is 0 Å². The molecule has 0 bridgehead atoms. The molecular formula is C22H18O2. The van der Waals surface area contributed by atoms with Crippen LogP contribution in [-0.2, 0) is 4.79 Å². The minimum absolute atomic E-state index is 0.679. The first kappa shape index (κ1) is 17.1. The quantitative estimate of drug-likeness (QED) is 0.410. The van der Waals surface area contributed by atoms with Gasteiger partial charge in [0.2, 0.25) is 0 Å². The molecule has 2 heteroatoms. The fourth-order valence-corrected chi connectivity index (χ4v) is 2.02. The second-order valence-corrected chi connectivity index (χ2v) is 5.05. The molecule has 0 N–H and O–H groups in total. The summed E-state index contributed by atoms with van der Waals surface area (Å²) in [7, 11) is 0. The van der Waals surface area contributed by atoms with Crippen LogP contribution in [0.5, 0.6) is 0 Å². The zero-order valence-corrected chi connectivity index (χ0v) is 13.2. The van der Waals surface area contributed by atoms with Crippen LogP contribution < -0.4 is 0 Å². The van der Waals surface area contributed by atoms with Crippen molar-refractivity contribution < 1.29 is 9.59 Å². The van der Waals surface area contributed by atoms with Gasteiger partial charge >= 0.3 is 0 Å². The zero-order valence-electron chi connectivity index (χ0n) is 13.2. The van der Waals surface area contributed by atoms with Crippen LogP contribution in [0.15, 0.2) is 78.9 Å². The second kappa shape index (κ2) is 9.70. The maximum atomic E-state index is 10.6. The number of carbonyl (C=O) groups excluding carboxylic acids is 2. The van der Waals surface area contributed by atoms with Crippen molar-refractivity contribution in [2.75, 3.05) is 0 Å². The highest BCUT2D eigenvalue weighted by atomic mass is 16.1. The summed E-state index contributed by atoms with van der Waals surface area (Å²) in [4.78, 5) is 20.8. The largest absolute Gasteiger partial charge is 0.299 e. The van der Waals surface area contributed by atoms with E-state index < -0.39 is 0 Å². The van der Waals surface area contributed by atoms with Crippen LogP contribution in [0.1, 0.15) is 27.0 Å². The van der Waals surface area contributed by atoms with Gasteiger partial charge in [-0.05, 0) is 22.8 Å². The summed E-state index contributed by atoms with van der Waals surface area (Å²) in [6, 6.07) is 15.3. The SMILES string of the molecule is O=C/C=C/c1ccc(/C=C/C=C/C=C/c2ccc(C=O)cc2)cc1. The lowest BCUT2D eigenvalue weighted by Gasteiger charge is -1.94. The highest BCUT2D eigenvalue weighted by Gasteiger charge is 1.88. The molecule has 0 saturated carbocycles. The van der Waals surface area contributed by atoms with Crippen molar-refractivity contribution in [1.29, 1.82) is 0 Å². The van der Waals surface area contributed by atoms with Crippen molar-refractivity contribution in [1.82, 2.24) is 0 Å². The first-order valence-corrected chi connectivity index (χ1v) is 7.60. The summed E-state index contributed by atoms with van der Waals surface area (Å²) in [6.07, 6.45) is 16.7. The van der Waals surface area contributed by atoms with E-state index >= 15 is 0 Å². The third-order valence-electron chi connectivity index (χ3n) is 3.29. The molecule has 0 fully saturated rings. The molecule has 0 aliphatic carbocycles. The Hall–Kier alpha value is -3.26. The highest BCUT2D eigenvalue weighted by Crippen LogP contribution is 2.08. The topological polar surface area (TPSA) is 34.1 Å². The van der Waals surface area contributed by atoms with E-state index in [1.165, 1.54) is 6.08 Å². The van der Waals surface area contributed by atoms with Crippen molar-refractivity contribution >= 4 is 30.8 Å². The van der Waals surface area contributed by atoms with Gasteiger partial charge in [0.25, 0.3) is 0 Å². The van der Waals surface area contributed by atoms with Crippen LogP contribution in [0.25, 0.3) is 18.2 Å². The summed E-state index contributed by atoms with van der Waals surface area (Å²) in [6.45, 7) is 0. The predicted molar refractivity (Wildman–Crippen MR) is 101 cm³/mol. The van der Waals surface area contributed by atoms with Crippen molar-refractivity contribution in [2.45, 2.75) is 0 Å². The molecule has 2 aromatic carbocycles. The first-order chi connectivity index (χ1) is 11.8. The van der Waals surface area contributed by atoms with E-state index in [2.05, 4.69) is 0 Å². The predicted octanol–water partition coefficient (Wildman–Crippen LogP) is 4.99. The average Bonchev–Trinajstić information content (AvgIpc) is 2.64. The second-order valence-electron chi connectivity index (χ2n) is 5.05. The molecule has 2 nitrogen and oxygen atoms in total. The summed E-state index contributed by atoms with van der Waals surface area (Å²) in [5, 5.41) is 0. The van der Waals surface area contributed by atoms with Gasteiger partial charge in [0.15, 0.2) is 0 Å². The first-order valence-electron chi connectivity index (χ1n) is 7.60. The Balaban J connectivity index is 1.87. The number of allylic oxidation sites excluding steroid dienone is 5. The van der Waals surface area contributed by atoms with Gasteiger partial charge in [0, 0.05) is 5.56 Å². The molecule has 2 aromatic rings. The highest BCUT2D eigenvalue weighted by molar-refractivity contribution is 5.75. The molecule has 0 saturated heterocycles. The molecule has 0 radical (unpaired) electrons. The average molecular weight is 314 g/mol. The molecule has 0 unspecified atom stereocenters. The van der Waals surface area contributed by atoms with E-state index in [1.807, 2.05) is 72.9 Å². The molecule has 2 rings (SSSR count). The Labute approximate surface area is 142 Å². The minimum Gasteiger partial charge on any atom is -0.299 e. The van der Waals surface area contributed by atoms with Crippen LogP contribution in [-0.4, -0.2) is 12.6 Å². The lowest BCUT2D eigenvalue weighted by atomic mass is 10.1. The van der Waals surface area contributed by atoms with Gasteiger partial charge < -0.3 is 0 Å². The van der Waals surface area contributed by atoms with Crippen molar-refractivity contribution in [2.24, 2.45) is 0 Å². The van der Waals surface area contributed by atoms with Gasteiger partial charge in [-0.2, -0.15) is 0 Å². The molecular weight excluding hydrogens is 296 g/mol. The third-order valence-corrected chi connectivity index (χ3v) is 3.29. The van der Waals surface area contributed by atoms with Crippen LogP contribution in [0.4, 0.5) is 0 Å². The maximum absolute atomic E-state index is 10.6. The maximum Gasteiger partial charge on any atom is 0.150 e. The Kier molecular flexibility index (Phi) is 6.91. The molecule has 24 heavy (non-hydrogen) atoms. The number of aldehydes is 2. The number of benzene rings is 2. The molecule has 0 aromatic heterocycles. The van der Waals surface area contributed by atoms with Crippen LogP contribution in [0, 0.1) is 0 Å². The smallest absolute Gasteiger partial charge is 0.150 e. The van der Waals surface area contributed by atoms with Gasteiger partial charge in [-0.3, -0.25) is 9.59 Å². The van der Waals surface area contributed by atoms with Gasteiger partial charge in [-0.25, -0.2) is 0 Å². The van der Waals surface area contributed by atoms with Crippen LogP contribution in [0.2, 0.25) is 0 Å². The van der Waals surface area contributed by atoms with E-state index in [0.29, 0.717) is 5.56 Å². The molecule has 118 valence electrons.